The van der Waals surface area contributed by atoms with Crippen LogP contribution in [0, 0.1) is 24.0 Å². The second kappa shape index (κ2) is 7.05. The van der Waals surface area contributed by atoms with Crippen LogP contribution in [-0.4, -0.2) is 43.8 Å². The minimum absolute atomic E-state index is 0.0289. The Morgan fingerprint density at radius 1 is 1.00 bits per heavy atom. The van der Waals surface area contributed by atoms with E-state index in [0.717, 1.165) is 17.3 Å². The van der Waals surface area contributed by atoms with Crippen molar-refractivity contribution in [2.75, 3.05) is 31.1 Å². The molecule has 1 aliphatic rings. The van der Waals surface area contributed by atoms with Gasteiger partial charge in [0.1, 0.15) is 0 Å². The Morgan fingerprint density at radius 3 is 2.31 bits per heavy atom. The summed E-state index contributed by atoms with van der Waals surface area (Å²) < 4.78 is 27.1. The monoisotopic (exact) mass is 375 g/mol. The fourth-order valence-corrected chi connectivity index (χ4v) is 4.55. The topological polar surface area (TPSA) is 83.8 Å². The predicted octanol–water partition coefficient (Wildman–Crippen LogP) is 2.72. The standard InChI is InChI=1S/C18H21N3O4S/c1-14-4-3-5-16(12-14)19-8-10-20(11-9-19)26(24,25)17-7-6-15(2)18(13-17)21(22)23/h3-7,12-13H,8-11H2,1-2H3. The first-order chi connectivity index (χ1) is 12.3. The lowest BCUT2D eigenvalue weighted by Crippen LogP contribution is -2.48. The van der Waals surface area contributed by atoms with E-state index >= 15 is 0 Å². The number of nitro benzene ring substituents is 1. The Balaban J connectivity index is 1.78. The van der Waals surface area contributed by atoms with E-state index in [2.05, 4.69) is 11.0 Å². The van der Waals surface area contributed by atoms with Crippen molar-refractivity contribution in [3.05, 3.63) is 63.7 Å². The van der Waals surface area contributed by atoms with Crippen molar-refractivity contribution in [3.8, 4) is 0 Å². The van der Waals surface area contributed by atoms with Gasteiger partial charge in [-0.25, -0.2) is 8.42 Å². The summed E-state index contributed by atoms with van der Waals surface area (Å²) in [6.07, 6.45) is 0. The van der Waals surface area contributed by atoms with E-state index in [4.69, 9.17) is 0 Å². The lowest BCUT2D eigenvalue weighted by molar-refractivity contribution is -0.385. The van der Waals surface area contributed by atoms with E-state index in [-0.39, 0.29) is 10.6 Å². The Hall–Kier alpha value is -2.45. The van der Waals surface area contributed by atoms with Crippen molar-refractivity contribution in [1.82, 2.24) is 4.31 Å². The molecule has 7 nitrogen and oxygen atoms in total. The van der Waals surface area contributed by atoms with Crippen LogP contribution in [0.3, 0.4) is 0 Å². The summed E-state index contributed by atoms with van der Waals surface area (Å²) in [4.78, 5) is 12.7. The molecule has 0 aromatic heterocycles. The first kappa shape index (κ1) is 18.3. The third kappa shape index (κ3) is 3.56. The van der Waals surface area contributed by atoms with Crippen molar-refractivity contribution < 1.29 is 13.3 Å². The summed E-state index contributed by atoms with van der Waals surface area (Å²) in [7, 11) is -3.75. The van der Waals surface area contributed by atoms with Crippen LogP contribution in [0.5, 0.6) is 0 Å². The fraction of sp³-hybridized carbons (Fsp3) is 0.333. The molecule has 0 amide bonds. The molecule has 1 fully saturated rings. The van der Waals surface area contributed by atoms with Gasteiger partial charge in [0.15, 0.2) is 0 Å². The van der Waals surface area contributed by atoms with Crippen molar-refractivity contribution >= 4 is 21.4 Å². The van der Waals surface area contributed by atoms with Gasteiger partial charge >= 0.3 is 0 Å². The van der Waals surface area contributed by atoms with Gasteiger partial charge in [-0.15, -0.1) is 0 Å². The highest BCUT2D eigenvalue weighted by Gasteiger charge is 2.30. The average Bonchev–Trinajstić information content (AvgIpc) is 2.62. The molecule has 1 saturated heterocycles. The van der Waals surface area contributed by atoms with Gasteiger partial charge in [0.25, 0.3) is 5.69 Å². The normalized spacial score (nSPS) is 15.8. The molecule has 2 aromatic carbocycles. The maximum absolute atomic E-state index is 12.9. The minimum atomic E-state index is -3.75. The number of anilines is 1. The third-order valence-electron chi connectivity index (χ3n) is 4.62. The van der Waals surface area contributed by atoms with Crippen LogP contribution in [0.15, 0.2) is 47.4 Å². The molecule has 26 heavy (non-hydrogen) atoms. The molecule has 0 saturated carbocycles. The first-order valence-electron chi connectivity index (χ1n) is 8.36. The maximum Gasteiger partial charge on any atom is 0.273 e. The van der Waals surface area contributed by atoms with Crippen LogP contribution >= 0.6 is 0 Å². The Kier molecular flexibility index (Phi) is 4.97. The van der Waals surface area contributed by atoms with Gasteiger partial charge < -0.3 is 4.90 Å². The third-order valence-corrected chi connectivity index (χ3v) is 6.52. The van der Waals surface area contributed by atoms with Crippen LogP contribution in [0.1, 0.15) is 11.1 Å². The maximum atomic E-state index is 12.9. The van der Waals surface area contributed by atoms with Crippen molar-refractivity contribution in [2.45, 2.75) is 18.7 Å². The summed E-state index contributed by atoms with van der Waals surface area (Å²) >= 11 is 0. The number of hydrogen-bond donors (Lipinski definition) is 0. The van der Waals surface area contributed by atoms with Gasteiger partial charge in [-0.05, 0) is 37.6 Å². The molecule has 8 heteroatoms. The van der Waals surface area contributed by atoms with Gasteiger partial charge in [-0.3, -0.25) is 10.1 Å². The number of sulfonamides is 1. The van der Waals surface area contributed by atoms with Gasteiger partial charge in [0.2, 0.25) is 10.0 Å². The lowest BCUT2D eigenvalue weighted by Gasteiger charge is -2.35. The zero-order chi connectivity index (χ0) is 18.9. The van der Waals surface area contributed by atoms with Crippen LogP contribution in [0.2, 0.25) is 0 Å². The molecule has 1 aliphatic heterocycles. The number of nitro groups is 1. The number of hydrogen-bond acceptors (Lipinski definition) is 5. The molecule has 0 atom stereocenters. The van der Waals surface area contributed by atoms with E-state index in [1.807, 2.05) is 25.1 Å². The van der Waals surface area contributed by atoms with E-state index < -0.39 is 14.9 Å². The number of piperazine rings is 1. The minimum Gasteiger partial charge on any atom is -0.369 e. The van der Waals surface area contributed by atoms with E-state index in [1.165, 1.54) is 16.4 Å². The fourth-order valence-electron chi connectivity index (χ4n) is 3.11. The van der Waals surface area contributed by atoms with Crippen molar-refractivity contribution in [1.29, 1.82) is 0 Å². The molecule has 2 aromatic rings. The van der Waals surface area contributed by atoms with Crippen LogP contribution in [0.4, 0.5) is 11.4 Å². The summed E-state index contributed by atoms with van der Waals surface area (Å²) in [6.45, 7) is 5.47. The van der Waals surface area contributed by atoms with Crippen LogP contribution in [0.25, 0.3) is 0 Å². The summed E-state index contributed by atoms with van der Waals surface area (Å²) in [5, 5.41) is 11.1. The quantitative estimate of drug-likeness (QED) is 0.606. The number of benzene rings is 2. The average molecular weight is 375 g/mol. The second-order valence-corrected chi connectivity index (χ2v) is 8.37. The summed E-state index contributed by atoms with van der Waals surface area (Å²) in [6, 6.07) is 12.2. The molecule has 0 N–H and O–H groups in total. The lowest BCUT2D eigenvalue weighted by atomic mass is 10.2. The van der Waals surface area contributed by atoms with E-state index in [9.17, 15) is 18.5 Å². The molecular weight excluding hydrogens is 354 g/mol. The van der Waals surface area contributed by atoms with Gasteiger partial charge in [0.05, 0.1) is 9.82 Å². The van der Waals surface area contributed by atoms with Gasteiger partial charge in [0, 0.05) is 43.5 Å². The highest BCUT2D eigenvalue weighted by atomic mass is 32.2. The van der Waals surface area contributed by atoms with E-state index in [1.54, 1.807) is 6.92 Å². The smallest absolute Gasteiger partial charge is 0.273 e. The molecule has 0 spiro atoms. The zero-order valence-electron chi connectivity index (χ0n) is 14.8. The van der Waals surface area contributed by atoms with E-state index in [0.29, 0.717) is 31.7 Å². The highest BCUT2D eigenvalue weighted by molar-refractivity contribution is 7.89. The Labute approximate surface area is 153 Å². The summed E-state index contributed by atoms with van der Waals surface area (Å²) in [5.41, 5.74) is 2.50. The molecule has 138 valence electrons. The molecule has 3 rings (SSSR count). The number of nitrogens with zero attached hydrogens (tertiary/aromatic N) is 3. The second-order valence-electron chi connectivity index (χ2n) is 6.44. The van der Waals surface area contributed by atoms with Crippen molar-refractivity contribution in [2.24, 2.45) is 0 Å². The molecule has 1 heterocycles. The molecular formula is C18H21N3O4S. The largest absolute Gasteiger partial charge is 0.369 e. The Bertz CT molecular complexity index is 935. The molecule has 0 bridgehead atoms. The number of aryl methyl sites for hydroxylation is 2. The van der Waals surface area contributed by atoms with Crippen LogP contribution in [-0.2, 0) is 10.0 Å². The number of rotatable bonds is 4. The molecule has 0 radical (unpaired) electrons. The van der Waals surface area contributed by atoms with Crippen molar-refractivity contribution in [3.63, 3.8) is 0 Å². The summed E-state index contributed by atoms with van der Waals surface area (Å²) in [5.74, 6) is 0. The molecule has 0 aliphatic carbocycles. The highest BCUT2D eigenvalue weighted by Crippen LogP contribution is 2.26. The first-order valence-corrected chi connectivity index (χ1v) is 9.80. The SMILES string of the molecule is Cc1cccc(N2CCN(S(=O)(=O)c3ccc(C)c([N+](=O)[O-])c3)CC2)c1. The predicted molar refractivity (Wildman–Crippen MR) is 100.0 cm³/mol. The van der Waals surface area contributed by atoms with Gasteiger partial charge in [-0.2, -0.15) is 4.31 Å². The van der Waals surface area contributed by atoms with Crippen LogP contribution < -0.4 is 4.90 Å². The zero-order valence-corrected chi connectivity index (χ0v) is 15.6. The Morgan fingerprint density at radius 2 is 1.69 bits per heavy atom. The molecule has 0 unspecified atom stereocenters. The van der Waals surface area contributed by atoms with Gasteiger partial charge in [-0.1, -0.05) is 18.2 Å².